The molecule has 0 N–H and O–H groups in total. The highest BCUT2D eigenvalue weighted by atomic mass is 19.4. The highest BCUT2D eigenvalue weighted by Crippen LogP contribution is 2.33. The number of allylic oxidation sites excluding steroid dienone is 2. The summed E-state index contributed by atoms with van der Waals surface area (Å²) in [5, 5.41) is 0. The highest BCUT2D eigenvalue weighted by Gasteiger charge is 2.37. The van der Waals surface area contributed by atoms with Crippen molar-refractivity contribution in [1.82, 2.24) is 0 Å². The van der Waals surface area contributed by atoms with Gasteiger partial charge in [0.2, 0.25) is 0 Å². The summed E-state index contributed by atoms with van der Waals surface area (Å²) in [7, 11) is 0. The average Bonchev–Trinajstić information content (AvgIpc) is 1.54. The third-order valence-electron chi connectivity index (χ3n) is 1.25. The molecule has 0 unspecified atom stereocenters. The smallest absolute Gasteiger partial charge is 0.212 e. The first-order chi connectivity index (χ1) is 4.76. The van der Waals surface area contributed by atoms with E-state index in [1.807, 2.05) is 0 Å². The van der Waals surface area contributed by atoms with Gasteiger partial charge in [0.25, 0.3) is 0 Å². The van der Waals surface area contributed by atoms with Crippen LogP contribution in [-0.2, 0) is 0 Å². The second kappa shape index (κ2) is 3.24. The minimum Gasteiger partial charge on any atom is -0.212 e. The average molecular weight is 170 g/mol. The maximum absolute atomic E-state index is 12.3. The molecule has 0 amide bonds. The maximum atomic E-state index is 12.3. The number of rotatable bonds is 1. The highest BCUT2D eigenvalue weighted by molar-refractivity contribution is 5.14. The third-order valence-corrected chi connectivity index (χ3v) is 1.25. The zero-order valence-corrected chi connectivity index (χ0v) is 6.59. The topological polar surface area (TPSA) is 0 Å². The molecule has 0 aliphatic carbocycles. The van der Waals surface area contributed by atoms with Crippen molar-refractivity contribution in [3.05, 3.63) is 11.4 Å². The van der Waals surface area contributed by atoms with Crippen LogP contribution in [0.25, 0.3) is 0 Å². The second-order valence-electron chi connectivity index (χ2n) is 2.60. The summed E-state index contributed by atoms with van der Waals surface area (Å²) < 4.78 is 48.0. The van der Waals surface area contributed by atoms with Crippen molar-refractivity contribution in [1.29, 1.82) is 0 Å². The summed E-state index contributed by atoms with van der Waals surface area (Å²) in [6, 6.07) is 0. The van der Waals surface area contributed by atoms with Gasteiger partial charge in [-0.2, -0.15) is 13.2 Å². The van der Waals surface area contributed by atoms with Crippen LogP contribution in [0.1, 0.15) is 20.8 Å². The van der Waals surface area contributed by atoms with Crippen molar-refractivity contribution in [2.75, 3.05) is 0 Å². The van der Waals surface area contributed by atoms with Gasteiger partial charge < -0.3 is 0 Å². The lowest BCUT2D eigenvalue weighted by Crippen LogP contribution is -2.17. The molecule has 4 heteroatoms. The van der Waals surface area contributed by atoms with Crippen LogP contribution in [0.2, 0.25) is 0 Å². The van der Waals surface area contributed by atoms with E-state index in [9.17, 15) is 17.6 Å². The molecule has 0 saturated carbocycles. The third kappa shape index (κ3) is 2.91. The van der Waals surface area contributed by atoms with E-state index in [4.69, 9.17) is 0 Å². The Morgan fingerprint density at radius 2 is 1.55 bits per heavy atom. The fraction of sp³-hybridized carbons (Fsp3) is 0.714. The van der Waals surface area contributed by atoms with E-state index in [1.165, 1.54) is 13.8 Å². The van der Waals surface area contributed by atoms with Crippen molar-refractivity contribution < 1.29 is 17.6 Å². The minimum atomic E-state index is -4.53. The lowest BCUT2D eigenvalue weighted by Gasteiger charge is -2.14. The van der Waals surface area contributed by atoms with Crippen LogP contribution in [-0.4, -0.2) is 6.18 Å². The van der Waals surface area contributed by atoms with E-state index < -0.39 is 23.5 Å². The molecule has 0 fully saturated rings. The Morgan fingerprint density at radius 3 is 1.55 bits per heavy atom. The fourth-order valence-corrected chi connectivity index (χ4v) is 0.920. The molecule has 0 aromatic heterocycles. The molecule has 0 aromatic carbocycles. The van der Waals surface area contributed by atoms with Gasteiger partial charge in [-0.1, -0.05) is 13.8 Å². The van der Waals surface area contributed by atoms with E-state index in [2.05, 4.69) is 0 Å². The number of hydrogen-bond acceptors (Lipinski definition) is 0. The first-order valence-corrected chi connectivity index (χ1v) is 3.20. The molecule has 0 spiro atoms. The monoisotopic (exact) mass is 170 g/mol. The number of alkyl halides is 3. The van der Waals surface area contributed by atoms with Gasteiger partial charge in [0.05, 0.1) is 5.57 Å². The van der Waals surface area contributed by atoms with Crippen LogP contribution in [0, 0.1) is 5.92 Å². The predicted molar refractivity (Wildman–Crippen MR) is 34.7 cm³/mol. The van der Waals surface area contributed by atoms with Crippen molar-refractivity contribution in [3.63, 3.8) is 0 Å². The van der Waals surface area contributed by atoms with Crippen LogP contribution in [0.5, 0.6) is 0 Å². The zero-order valence-electron chi connectivity index (χ0n) is 6.59. The van der Waals surface area contributed by atoms with Gasteiger partial charge in [0.15, 0.2) is 0 Å². The fourth-order valence-electron chi connectivity index (χ4n) is 0.920. The Hall–Kier alpha value is -0.540. The summed E-state index contributed by atoms with van der Waals surface area (Å²) in [5.41, 5.74) is -1.07. The molecule has 0 nitrogen and oxygen atoms in total. The molecule has 11 heavy (non-hydrogen) atoms. The summed E-state index contributed by atoms with van der Waals surface area (Å²) in [4.78, 5) is 0. The summed E-state index contributed by atoms with van der Waals surface area (Å²) >= 11 is 0. The first-order valence-electron chi connectivity index (χ1n) is 3.20. The van der Waals surface area contributed by atoms with Crippen LogP contribution in [0.4, 0.5) is 17.6 Å². The Balaban J connectivity index is 4.80. The largest absolute Gasteiger partial charge is 0.415 e. The van der Waals surface area contributed by atoms with E-state index in [1.54, 1.807) is 0 Å². The van der Waals surface area contributed by atoms with Gasteiger partial charge in [-0.15, -0.1) is 0 Å². The normalized spacial score (nSPS) is 15.3. The minimum absolute atomic E-state index is 0.819. The van der Waals surface area contributed by atoms with Crippen LogP contribution >= 0.6 is 0 Å². The van der Waals surface area contributed by atoms with E-state index in [-0.39, 0.29) is 0 Å². The molecule has 0 aliphatic rings. The second-order valence-corrected chi connectivity index (χ2v) is 2.60. The van der Waals surface area contributed by atoms with Gasteiger partial charge in [-0.3, -0.25) is 0 Å². The van der Waals surface area contributed by atoms with Crippen LogP contribution in [0.15, 0.2) is 11.4 Å². The Bertz CT molecular complexity index is 160. The molecular formula is C7H10F4. The molecule has 66 valence electrons. The molecule has 0 saturated heterocycles. The standard InChI is InChI=1S/C7H10F4/c1-4(2)6(5(3)8)7(9,10)11/h4H,1-3H3/b6-5-. The number of hydrogen-bond donors (Lipinski definition) is 0. The van der Waals surface area contributed by atoms with Crippen molar-refractivity contribution in [2.45, 2.75) is 26.9 Å². The molecule has 0 radical (unpaired) electrons. The maximum Gasteiger partial charge on any atom is 0.415 e. The summed E-state index contributed by atoms with van der Waals surface area (Å²) in [5.74, 6) is -1.97. The molecule has 0 rings (SSSR count). The van der Waals surface area contributed by atoms with Crippen molar-refractivity contribution >= 4 is 0 Å². The molecule has 0 atom stereocenters. The summed E-state index contributed by atoms with van der Waals surface area (Å²) in [6.07, 6.45) is -4.53. The van der Waals surface area contributed by atoms with Gasteiger partial charge in [0, 0.05) is 0 Å². The predicted octanol–water partition coefficient (Wildman–Crippen LogP) is 3.45. The quantitative estimate of drug-likeness (QED) is 0.529. The zero-order chi connectivity index (χ0) is 9.23. The SMILES string of the molecule is C/C(F)=C(\C(C)C)C(F)(F)F. The summed E-state index contributed by atoms with van der Waals surface area (Å²) in [6.45, 7) is 3.45. The van der Waals surface area contributed by atoms with Gasteiger partial charge >= 0.3 is 6.18 Å². The van der Waals surface area contributed by atoms with E-state index in [0.29, 0.717) is 0 Å². The Labute approximate surface area is 62.9 Å². The molecule has 0 aromatic rings. The Morgan fingerprint density at radius 1 is 1.18 bits per heavy atom. The van der Waals surface area contributed by atoms with Crippen LogP contribution < -0.4 is 0 Å². The van der Waals surface area contributed by atoms with Crippen molar-refractivity contribution in [2.24, 2.45) is 5.92 Å². The van der Waals surface area contributed by atoms with Crippen LogP contribution in [0.3, 0.4) is 0 Å². The van der Waals surface area contributed by atoms with E-state index in [0.717, 1.165) is 6.92 Å². The molecule has 0 heterocycles. The molecular weight excluding hydrogens is 160 g/mol. The number of halogens is 4. The Kier molecular flexibility index (Phi) is 3.08. The van der Waals surface area contributed by atoms with E-state index >= 15 is 0 Å². The molecule has 0 bridgehead atoms. The molecule has 0 aliphatic heterocycles. The lowest BCUT2D eigenvalue weighted by atomic mass is 10.0. The van der Waals surface area contributed by atoms with Gasteiger partial charge in [-0.05, 0) is 12.8 Å². The lowest BCUT2D eigenvalue weighted by molar-refractivity contribution is -0.0996. The van der Waals surface area contributed by atoms with Gasteiger partial charge in [0.1, 0.15) is 5.83 Å². The van der Waals surface area contributed by atoms with Crippen molar-refractivity contribution in [3.8, 4) is 0 Å². The first kappa shape index (κ1) is 10.5. The van der Waals surface area contributed by atoms with Gasteiger partial charge in [-0.25, -0.2) is 4.39 Å².